The maximum Gasteiger partial charge on any atom is 0.415 e. The van der Waals surface area contributed by atoms with E-state index in [-0.39, 0.29) is 0 Å². The molecule has 0 unspecified atom stereocenters. The molecule has 0 heterocycles. The van der Waals surface area contributed by atoms with Crippen molar-refractivity contribution in [3.8, 4) is 0 Å². The second-order valence-electron chi connectivity index (χ2n) is 5.11. The highest BCUT2D eigenvalue weighted by Gasteiger charge is 2.36. The molecular formula is C16H22O4. The molecule has 0 N–H and O–H groups in total. The van der Waals surface area contributed by atoms with Gasteiger partial charge < -0.3 is 14.2 Å². The molecule has 0 amide bonds. The van der Waals surface area contributed by atoms with Crippen LogP contribution in [-0.2, 0) is 19.0 Å². The molecule has 0 bridgehead atoms. The van der Waals surface area contributed by atoms with Crippen LogP contribution in [0.3, 0.4) is 0 Å². The molecule has 0 aromatic carbocycles. The Labute approximate surface area is 120 Å². The van der Waals surface area contributed by atoms with E-state index < -0.39 is 11.9 Å². The monoisotopic (exact) mass is 278 g/mol. The highest BCUT2D eigenvalue weighted by atomic mass is 16.9. The predicted molar refractivity (Wildman–Crippen MR) is 75.3 cm³/mol. The van der Waals surface area contributed by atoms with Crippen LogP contribution < -0.4 is 0 Å². The van der Waals surface area contributed by atoms with Crippen LogP contribution in [0, 0.1) is 0 Å². The summed E-state index contributed by atoms with van der Waals surface area (Å²) in [6, 6.07) is 0. The van der Waals surface area contributed by atoms with Crippen LogP contribution in [0.1, 0.15) is 52.4 Å². The van der Waals surface area contributed by atoms with E-state index in [2.05, 4.69) is 0 Å². The first-order valence-corrected chi connectivity index (χ1v) is 7.23. The van der Waals surface area contributed by atoms with Crippen molar-refractivity contribution in [3.05, 3.63) is 35.8 Å². The van der Waals surface area contributed by atoms with E-state index >= 15 is 0 Å². The van der Waals surface area contributed by atoms with Gasteiger partial charge in [0.25, 0.3) is 0 Å². The van der Waals surface area contributed by atoms with Gasteiger partial charge in [0.1, 0.15) is 11.5 Å². The first kappa shape index (κ1) is 14.7. The molecule has 4 nitrogen and oxygen atoms in total. The van der Waals surface area contributed by atoms with Gasteiger partial charge in [-0.2, -0.15) is 0 Å². The third-order valence-electron chi connectivity index (χ3n) is 3.22. The SMILES string of the molecule is CC=CC(=O)OC(C)(OC1=CCCC1)OC1=CCCC1. The molecule has 0 aliphatic heterocycles. The average molecular weight is 278 g/mol. The van der Waals surface area contributed by atoms with Crippen molar-refractivity contribution in [1.29, 1.82) is 0 Å². The van der Waals surface area contributed by atoms with Crippen LogP contribution in [-0.4, -0.2) is 11.9 Å². The summed E-state index contributed by atoms with van der Waals surface area (Å²) < 4.78 is 16.9. The van der Waals surface area contributed by atoms with E-state index in [1.165, 1.54) is 6.08 Å². The van der Waals surface area contributed by atoms with E-state index in [1.54, 1.807) is 19.9 Å². The lowest BCUT2D eigenvalue weighted by molar-refractivity contribution is -0.321. The molecule has 0 atom stereocenters. The third-order valence-corrected chi connectivity index (χ3v) is 3.22. The lowest BCUT2D eigenvalue weighted by atomic mass is 10.3. The molecule has 20 heavy (non-hydrogen) atoms. The molecule has 0 saturated heterocycles. The lowest BCUT2D eigenvalue weighted by Crippen LogP contribution is -2.37. The highest BCUT2D eigenvalue weighted by molar-refractivity contribution is 5.82. The third kappa shape index (κ3) is 4.15. The van der Waals surface area contributed by atoms with Gasteiger partial charge in [0.05, 0.1) is 6.92 Å². The van der Waals surface area contributed by atoms with Gasteiger partial charge in [-0.1, -0.05) is 6.08 Å². The summed E-state index contributed by atoms with van der Waals surface area (Å²) in [4.78, 5) is 11.7. The zero-order valence-corrected chi connectivity index (χ0v) is 12.2. The lowest BCUT2D eigenvalue weighted by Gasteiger charge is -2.30. The number of rotatable bonds is 6. The number of esters is 1. The molecule has 2 aliphatic rings. The summed E-state index contributed by atoms with van der Waals surface area (Å²) in [5.41, 5.74) is 0. The number of carbonyl (C=O) groups excluding carboxylic acids is 1. The first-order valence-electron chi connectivity index (χ1n) is 7.23. The molecule has 4 heteroatoms. The van der Waals surface area contributed by atoms with Crippen molar-refractivity contribution in [1.82, 2.24) is 0 Å². The zero-order valence-electron chi connectivity index (χ0n) is 12.2. The van der Waals surface area contributed by atoms with Crippen LogP contribution in [0.15, 0.2) is 35.8 Å². The summed E-state index contributed by atoms with van der Waals surface area (Å²) in [7, 11) is 0. The van der Waals surface area contributed by atoms with Gasteiger partial charge >= 0.3 is 11.9 Å². The van der Waals surface area contributed by atoms with Crippen molar-refractivity contribution in [2.45, 2.75) is 58.3 Å². The Bertz CT molecular complexity index is 419. The zero-order chi connectivity index (χ0) is 14.4. The van der Waals surface area contributed by atoms with Crippen molar-refractivity contribution in [2.75, 3.05) is 0 Å². The van der Waals surface area contributed by atoms with Crippen LogP contribution in [0.25, 0.3) is 0 Å². The molecule has 2 rings (SSSR count). The topological polar surface area (TPSA) is 44.8 Å². The van der Waals surface area contributed by atoms with Gasteiger partial charge in [0.2, 0.25) is 0 Å². The molecule has 0 aromatic rings. The Kier molecular flexibility index (Phi) is 4.88. The van der Waals surface area contributed by atoms with Gasteiger partial charge in [0, 0.05) is 18.9 Å². The Morgan fingerprint density at radius 3 is 2.10 bits per heavy atom. The van der Waals surface area contributed by atoms with E-state index in [9.17, 15) is 4.79 Å². The molecule has 110 valence electrons. The van der Waals surface area contributed by atoms with Crippen molar-refractivity contribution >= 4 is 5.97 Å². The van der Waals surface area contributed by atoms with Gasteiger partial charge in [0.15, 0.2) is 0 Å². The minimum absolute atomic E-state index is 0.466. The quantitative estimate of drug-likeness (QED) is 0.419. The average Bonchev–Trinajstić information content (AvgIpc) is 3.02. The molecule has 0 aromatic heterocycles. The Morgan fingerprint density at radius 2 is 1.70 bits per heavy atom. The number of allylic oxidation sites excluding steroid dienone is 5. The minimum atomic E-state index is -1.39. The molecule has 0 radical (unpaired) electrons. The molecule has 0 fully saturated rings. The Morgan fingerprint density at radius 1 is 1.15 bits per heavy atom. The van der Waals surface area contributed by atoms with Crippen molar-refractivity contribution < 1.29 is 19.0 Å². The number of hydrogen-bond acceptors (Lipinski definition) is 4. The van der Waals surface area contributed by atoms with E-state index in [1.807, 2.05) is 12.2 Å². The smallest absolute Gasteiger partial charge is 0.415 e. The standard InChI is InChI=1S/C16H22O4/c1-3-8-15(17)20-16(2,18-13-9-4-5-10-13)19-14-11-6-7-12-14/h3,8-9,11H,4-7,10,12H2,1-2H3. The van der Waals surface area contributed by atoms with Crippen LogP contribution in [0.5, 0.6) is 0 Å². The van der Waals surface area contributed by atoms with Crippen LogP contribution in [0.4, 0.5) is 0 Å². The minimum Gasteiger partial charge on any atom is -0.426 e. The summed E-state index contributed by atoms with van der Waals surface area (Å²) in [6.07, 6.45) is 12.9. The maximum atomic E-state index is 11.7. The van der Waals surface area contributed by atoms with Gasteiger partial charge in [-0.3, -0.25) is 0 Å². The summed E-state index contributed by atoms with van der Waals surface area (Å²) >= 11 is 0. The van der Waals surface area contributed by atoms with E-state index in [0.717, 1.165) is 50.0 Å². The van der Waals surface area contributed by atoms with Crippen LogP contribution in [0.2, 0.25) is 0 Å². The highest BCUT2D eigenvalue weighted by Crippen LogP contribution is 2.31. The van der Waals surface area contributed by atoms with Crippen molar-refractivity contribution in [2.24, 2.45) is 0 Å². The van der Waals surface area contributed by atoms with E-state index in [0.29, 0.717) is 0 Å². The summed E-state index contributed by atoms with van der Waals surface area (Å²) in [5.74, 6) is -0.186. The largest absolute Gasteiger partial charge is 0.426 e. The maximum absolute atomic E-state index is 11.7. The van der Waals surface area contributed by atoms with Gasteiger partial charge in [-0.25, -0.2) is 4.79 Å². The molecular weight excluding hydrogens is 256 g/mol. The van der Waals surface area contributed by atoms with Crippen molar-refractivity contribution in [3.63, 3.8) is 0 Å². The fraction of sp³-hybridized carbons (Fsp3) is 0.562. The normalized spacial score (nSPS) is 18.9. The summed E-state index contributed by atoms with van der Waals surface area (Å²) in [5, 5.41) is 0. The Balaban J connectivity index is 2.05. The van der Waals surface area contributed by atoms with Crippen LogP contribution >= 0.6 is 0 Å². The number of hydrogen-bond donors (Lipinski definition) is 0. The van der Waals surface area contributed by atoms with Gasteiger partial charge in [-0.15, -0.1) is 0 Å². The second-order valence-corrected chi connectivity index (χ2v) is 5.11. The number of carbonyl (C=O) groups is 1. The van der Waals surface area contributed by atoms with Gasteiger partial charge in [-0.05, 0) is 44.8 Å². The molecule has 0 saturated carbocycles. The van der Waals surface area contributed by atoms with E-state index in [4.69, 9.17) is 14.2 Å². The number of ether oxygens (including phenoxy) is 3. The summed E-state index contributed by atoms with van der Waals surface area (Å²) in [6.45, 7) is 3.41. The second kappa shape index (κ2) is 6.64. The molecule has 2 aliphatic carbocycles. The predicted octanol–water partition coefficient (Wildman–Crippen LogP) is 3.95. The Hall–Kier alpha value is -1.71. The fourth-order valence-electron chi connectivity index (χ4n) is 2.36. The fourth-order valence-corrected chi connectivity index (χ4v) is 2.36. The first-order chi connectivity index (χ1) is 9.61. The molecule has 0 spiro atoms.